The van der Waals surface area contributed by atoms with E-state index in [9.17, 15) is 13.6 Å². The fourth-order valence-electron chi connectivity index (χ4n) is 3.18. The van der Waals surface area contributed by atoms with E-state index in [1.165, 1.54) is 6.07 Å². The van der Waals surface area contributed by atoms with Gasteiger partial charge in [0.15, 0.2) is 11.6 Å². The van der Waals surface area contributed by atoms with Gasteiger partial charge in [-0.15, -0.1) is 0 Å². The molecule has 1 aliphatic carbocycles. The average molecular weight is 278 g/mol. The first-order chi connectivity index (χ1) is 9.37. The fourth-order valence-corrected chi connectivity index (χ4v) is 3.18. The van der Waals surface area contributed by atoms with Crippen molar-refractivity contribution >= 4 is 11.5 Å². The number of carbonyl (C=O) groups is 1. The van der Waals surface area contributed by atoms with Crippen molar-refractivity contribution in [1.82, 2.24) is 5.43 Å². The molecule has 0 radical (unpaired) electrons. The van der Waals surface area contributed by atoms with Crippen molar-refractivity contribution in [3.8, 4) is 0 Å². The smallest absolute Gasteiger partial charge is 0.159 e. The van der Waals surface area contributed by atoms with Crippen LogP contribution in [0.4, 0.5) is 8.78 Å². The molecule has 5 heteroatoms. The molecule has 0 saturated heterocycles. The van der Waals surface area contributed by atoms with Gasteiger partial charge < -0.3 is 5.43 Å². The number of hydrogen-bond donors (Lipinski definition) is 1. The van der Waals surface area contributed by atoms with Gasteiger partial charge in [-0.25, -0.2) is 8.78 Å². The van der Waals surface area contributed by atoms with Crippen molar-refractivity contribution < 1.29 is 13.6 Å². The Labute approximate surface area is 116 Å². The maximum atomic E-state index is 13.3. The van der Waals surface area contributed by atoms with Crippen molar-refractivity contribution in [3.05, 3.63) is 35.4 Å². The van der Waals surface area contributed by atoms with E-state index < -0.39 is 11.6 Å². The minimum atomic E-state index is -0.919. The first-order valence-electron chi connectivity index (χ1n) is 6.69. The second-order valence-corrected chi connectivity index (χ2v) is 6.35. The number of halogens is 2. The molecule has 2 atom stereocenters. The summed E-state index contributed by atoms with van der Waals surface area (Å²) in [6.45, 7) is 4.11. The molecule has 0 aromatic heterocycles. The monoisotopic (exact) mass is 278 g/mol. The highest BCUT2D eigenvalue weighted by molar-refractivity contribution is 6.15. The molecule has 1 aromatic rings. The predicted molar refractivity (Wildman–Crippen MR) is 71.3 cm³/mol. The van der Waals surface area contributed by atoms with Crippen LogP contribution in [0, 0.1) is 23.0 Å². The predicted octanol–water partition coefficient (Wildman–Crippen LogP) is 2.65. The molecule has 0 spiro atoms. The SMILES string of the molecule is CC1(C)CC(=O)[C@@H]2C(c3ccc(F)c(F)c3)=NN[C@@H]2C1. The molecule has 0 bridgehead atoms. The molecular formula is C15H16F2N2O. The molecule has 1 N–H and O–H groups in total. The zero-order valence-corrected chi connectivity index (χ0v) is 11.4. The van der Waals surface area contributed by atoms with E-state index in [-0.39, 0.29) is 23.2 Å². The molecule has 1 heterocycles. The van der Waals surface area contributed by atoms with Crippen molar-refractivity contribution in [2.45, 2.75) is 32.7 Å². The number of Topliss-reactive ketones (excluding diaryl/α,β-unsaturated/α-hetero) is 1. The highest BCUT2D eigenvalue weighted by atomic mass is 19.2. The zero-order valence-electron chi connectivity index (χ0n) is 11.4. The number of rotatable bonds is 1. The standard InChI is InChI=1S/C15H16F2N2O/c1-15(2)6-11-13(12(20)7-15)14(19-18-11)8-3-4-9(16)10(17)5-8/h3-5,11,13,18H,6-7H2,1-2H3/t11-,13-/m1/s1. The molecule has 1 saturated carbocycles. The second-order valence-electron chi connectivity index (χ2n) is 6.35. The molecule has 106 valence electrons. The topological polar surface area (TPSA) is 41.5 Å². The summed E-state index contributed by atoms with van der Waals surface area (Å²) in [6.07, 6.45) is 1.32. The minimum absolute atomic E-state index is 0.0469. The van der Waals surface area contributed by atoms with Gasteiger partial charge >= 0.3 is 0 Å². The second kappa shape index (κ2) is 4.36. The van der Waals surface area contributed by atoms with Crippen LogP contribution in [0.2, 0.25) is 0 Å². The number of nitrogens with one attached hydrogen (secondary N) is 1. The lowest BCUT2D eigenvalue weighted by atomic mass is 9.68. The van der Waals surface area contributed by atoms with Crippen LogP contribution >= 0.6 is 0 Å². The Morgan fingerprint density at radius 2 is 2.05 bits per heavy atom. The lowest BCUT2D eigenvalue weighted by molar-refractivity contribution is -0.126. The highest BCUT2D eigenvalue weighted by Crippen LogP contribution is 2.39. The molecular weight excluding hydrogens is 262 g/mol. The van der Waals surface area contributed by atoms with E-state index in [0.29, 0.717) is 17.7 Å². The number of hydrazone groups is 1. The molecule has 0 amide bonds. The maximum absolute atomic E-state index is 13.3. The normalized spacial score (nSPS) is 27.8. The van der Waals surface area contributed by atoms with E-state index in [1.807, 2.05) is 0 Å². The van der Waals surface area contributed by atoms with Crippen LogP contribution in [0.1, 0.15) is 32.3 Å². The Hall–Kier alpha value is -1.78. The number of nitrogens with zero attached hydrogens (tertiary/aromatic N) is 1. The van der Waals surface area contributed by atoms with Gasteiger partial charge in [0.2, 0.25) is 0 Å². The third-order valence-electron chi connectivity index (χ3n) is 4.04. The van der Waals surface area contributed by atoms with Gasteiger partial charge in [-0.1, -0.05) is 13.8 Å². The summed E-state index contributed by atoms with van der Waals surface area (Å²) in [5.41, 5.74) is 3.92. The van der Waals surface area contributed by atoms with Crippen molar-refractivity contribution in [3.63, 3.8) is 0 Å². The van der Waals surface area contributed by atoms with Gasteiger partial charge in [0.05, 0.1) is 17.7 Å². The summed E-state index contributed by atoms with van der Waals surface area (Å²) in [5, 5.41) is 4.19. The molecule has 20 heavy (non-hydrogen) atoms. The summed E-state index contributed by atoms with van der Waals surface area (Å²) in [6, 6.07) is 3.59. The van der Waals surface area contributed by atoms with Crippen LogP contribution in [-0.4, -0.2) is 17.5 Å². The van der Waals surface area contributed by atoms with Crippen molar-refractivity contribution in [2.75, 3.05) is 0 Å². The number of carbonyl (C=O) groups excluding carboxylic acids is 1. The van der Waals surface area contributed by atoms with E-state index in [4.69, 9.17) is 0 Å². The van der Waals surface area contributed by atoms with Crippen LogP contribution in [0.5, 0.6) is 0 Å². The Morgan fingerprint density at radius 1 is 1.30 bits per heavy atom. The molecule has 3 nitrogen and oxygen atoms in total. The van der Waals surface area contributed by atoms with Gasteiger partial charge in [0.25, 0.3) is 0 Å². The highest BCUT2D eigenvalue weighted by Gasteiger charge is 2.46. The zero-order chi connectivity index (χ0) is 14.5. The fraction of sp³-hybridized carbons (Fsp3) is 0.467. The van der Waals surface area contributed by atoms with Gasteiger partial charge in [-0.05, 0) is 30.0 Å². The number of benzene rings is 1. The van der Waals surface area contributed by atoms with Crippen LogP contribution in [0.15, 0.2) is 23.3 Å². The average Bonchev–Trinajstić information content (AvgIpc) is 2.75. The van der Waals surface area contributed by atoms with Crippen LogP contribution in [0.25, 0.3) is 0 Å². The number of hydrogen-bond acceptors (Lipinski definition) is 3. The largest absolute Gasteiger partial charge is 0.306 e. The lowest BCUT2D eigenvalue weighted by Crippen LogP contribution is -2.45. The Bertz CT molecular complexity index is 610. The summed E-state index contributed by atoms with van der Waals surface area (Å²) < 4.78 is 26.3. The van der Waals surface area contributed by atoms with E-state index in [0.717, 1.165) is 18.6 Å². The van der Waals surface area contributed by atoms with E-state index >= 15 is 0 Å². The van der Waals surface area contributed by atoms with Gasteiger partial charge in [0.1, 0.15) is 5.78 Å². The Kier molecular flexibility index (Phi) is 2.88. The van der Waals surface area contributed by atoms with Gasteiger partial charge in [-0.3, -0.25) is 4.79 Å². The lowest BCUT2D eigenvalue weighted by Gasteiger charge is -2.36. The van der Waals surface area contributed by atoms with Crippen LogP contribution < -0.4 is 5.43 Å². The first-order valence-corrected chi connectivity index (χ1v) is 6.69. The van der Waals surface area contributed by atoms with Gasteiger partial charge in [0, 0.05) is 12.0 Å². The third kappa shape index (κ3) is 2.11. The maximum Gasteiger partial charge on any atom is 0.159 e. The molecule has 3 rings (SSSR count). The molecule has 1 fully saturated rings. The van der Waals surface area contributed by atoms with Gasteiger partial charge in [-0.2, -0.15) is 5.10 Å². The van der Waals surface area contributed by atoms with E-state index in [1.54, 1.807) is 0 Å². The van der Waals surface area contributed by atoms with Crippen LogP contribution in [-0.2, 0) is 4.79 Å². The first kappa shape index (κ1) is 13.2. The number of fused-ring (bicyclic) bond motifs is 1. The molecule has 2 aliphatic rings. The Morgan fingerprint density at radius 3 is 2.75 bits per heavy atom. The summed E-state index contributed by atoms with van der Waals surface area (Å²) >= 11 is 0. The summed E-state index contributed by atoms with van der Waals surface area (Å²) in [7, 11) is 0. The number of ketones is 1. The Balaban J connectivity index is 1.93. The quantitative estimate of drug-likeness (QED) is 0.858. The van der Waals surface area contributed by atoms with E-state index in [2.05, 4.69) is 24.4 Å². The molecule has 1 aliphatic heterocycles. The molecule has 1 aromatic carbocycles. The molecule has 0 unspecified atom stereocenters. The van der Waals surface area contributed by atoms with Crippen molar-refractivity contribution in [2.24, 2.45) is 16.4 Å². The third-order valence-corrected chi connectivity index (χ3v) is 4.04. The van der Waals surface area contributed by atoms with Crippen LogP contribution in [0.3, 0.4) is 0 Å². The summed E-state index contributed by atoms with van der Waals surface area (Å²) in [5.74, 6) is -2.06. The summed E-state index contributed by atoms with van der Waals surface area (Å²) in [4.78, 5) is 12.3. The minimum Gasteiger partial charge on any atom is -0.306 e. The van der Waals surface area contributed by atoms with Crippen molar-refractivity contribution in [1.29, 1.82) is 0 Å².